The molecule has 1 rings (SSSR count). The summed E-state index contributed by atoms with van der Waals surface area (Å²) in [5.74, 6) is 2.45. The molecule has 0 bridgehead atoms. The molecule has 0 radical (unpaired) electrons. The molecule has 62 valence electrons. The van der Waals surface area contributed by atoms with E-state index in [1.54, 1.807) is 0 Å². The number of nitriles is 1. The Morgan fingerprint density at radius 2 is 2.18 bits per heavy atom. The van der Waals surface area contributed by atoms with Gasteiger partial charge in [0.1, 0.15) is 0 Å². The summed E-state index contributed by atoms with van der Waals surface area (Å²) in [7, 11) is 0. The Hall–Kier alpha value is 0.580. The van der Waals surface area contributed by atoms with Crippen molar-refractivity contribution in [1.82, 2.24) is 0 Å². The average molecular weight is 207 g/mol. The molecule has 1 aliphatic heterocycles. The summed E-state index contributed by atoms with van der Waals surface area (Å²) < 4.78 is 5.49. The van der Waals surface area contributed by atoms with Crippen molar-refractivity contribution in [2.75, 3.05) is 18.1 Å². The van der Waals surface area contributed by atoms with Gasteiger partial charge in [-0.3, -0.25) is 0 Å². The fraction of sp³-hybridized carbons (Fsp3) is 0.833. The minimum atomic E-state index is -0.301. The second-order valence-corrected chi connectivity index (χ2v) is 8.26. The molecule has 0 aromatic carbocycles. The molecule has 11 heavy (non-hydrogen) atoms. The van der Waals surface area contributed by atoms with E-state index >= 15 is 0 Å². The summed E-state index contributed by atoms with van der Waals surface area (Å²) >= 11 is 3.82. The van der Waals surface area contributed by atoms with Crippen molar-refractivity contribution in [3.8, 4) is 6.07 Å². The molecule has 0 saturated carbocycles. The number of hydrogen-bond donors (Lipinski definition) is 0. The van der Waals surface area contributed by atoms with Gasteiger partial charge in [0.25, 0.3) is 0 Å². The van der Waals surface area contributed by atoms with Crippen LogP contribution >= 0.6 is 29.3 Å². The van der Waals surface area contributed by atoms with E-state index in [9.17, 15) is 0 Å². The lowest BCUT2D eigenvalue weighted by Gasteiger charge is -2.19. The monoisotopic (exact) mass is 207 g/mol. The second kappa shape index (κ2) is 6.14. The minimum Gasteiger partial charge on any atom is -0.338 e. The zero-order valence-electron chi connectivity index (χ0n) is 6.15. The van der Waals surface area contributed by atoms with Gasteiger partial charge >= 0.3 is 0 Å². The van der Waals surface area contributed by atoms with Gasteiger partial charge < -0.3 is 4.52 Å². The number of nitrogens with zero attached hydrogens (tertiary/aromatic N) is 1. The molecule has 0 N–H and O–H groups in total. The number of hydrogen-bond acceptors (Lipinski definition) is 4. The van der Waals surface area contributed by atoms with Crippen molar-refractivity contribution >= 4 is 29.3 Å². The molecule has 5 heteroatoms. The third-order valence-corrected chi connectivity index (χ3v) is 7.74. The van der Waals surface area contributed by atoms with Crippen LogP contribution in [0.15, 0.2) is 0 Å². The maximum absolute atomic E-state index is 8.26. The first-order valence-corrected chi connectivity index (χ1v) is 7.93. The van der Waals surface area contributed by atoms with E-state index in [2.05, 4.69) is 6.07 Å². The maximum Gasteiger partial charge on any atom is 0.151 e. The van der Waals surface area contributed by atoms with E-state index in [4.69, 9.17) is 9.79 Å². The third-order valence-electron chi connectivity index (χ3n) is 1.09. The molecule has 0 atom stereocenters. The zero-order chi connectivity index (χ0) is 7.94. The highest BCUT2D eigenvalue weighted by atomic mass is 33.1. The zero-order valence-corrected chi connectivity index (χ0v) is 8.68. The van der Waals surface area contributed by atoms with Gasteiger partial charge in [0, 0.05) is 11.5 Å². The van der Waals surface area contributed by atoms with Crippen molar-refractivity contribution in [2.45, 2.75) is 12.8 Å². The van der Waals surface area contributed by atoms with Gasteiger partial charge in [-0.2, -0.15) is 5.26 Å². The van der Waals surface area contributed by atoms with Gasteiger partial charge in [0.05, 0.1) is 19.1 Å². The topological polar surface area (TPSA) is 33.0 Å². The predicted octanol–water partition coefficient (Wildman–Crippen LogP) is 3.01. The maximum atomic E-state index is 8.26. The highest BCUT2D eigenvalue weighted by molar-refractivity contribution is 8.87. The fourth-order valence-corrected chi connectivity index (χ4v) is 6.91. The van der Waals surface area contributed by atoms with Gasteiger partial charge in [-0.1, -0.05) is 22.8 Å². The molecule has 0 amide bonds. The SMILES string of the molecule is N#CCCOP1SCCCS1. The lowest BCUT2D eigenvalue weighted by Crippen LogP contribution is -1.91. The Balaban J connectivity index is 2.01. The molecule has 1 aliphatic rings. The van der Waals surface area contributed by atoms with Crippen molar-refractivity contribution < 1.29 is 4.52 Å². The molecule has 0 aromatic heterocycles. The molecule has 0 aliphatic carbocycles. The van der Waals surface area contributed by atoms with Crippen molar-refractivity contribution in [3.63, 3.8) is 0 Å². The Kier molecular flexibility index (Phi) is 5.39. The molecule has 0 spiro atoms. The van der Waals surface area contributed by atoms with Crippen LogP contribution in [-0.4, -0.2) is 18.1 Å². The molecule has 1 fully saturated rings. The van der Waals surface area contributed by atoms with Crippen LogP contribution < -0.4 is 0 Å². The predicted molar refractivity (Wildman–Crippen MR) is 52.6 cm³/mol. The molecule has 1 saturated heterocycles. The van der Waals surface area contributed by atoms with E-state index in [0.717, 1.165) is 0 Å². The van der Waals surface area contributed by atoms with Crippen molar-refractivity contribution in [1.29, 1.82) is 5.26 Å². The van der Waals surface area contributed by atoms with Gasteiger partial charge in [0.2, 0.25) is 0 Å². The van der Waals surface area contributed by atoms with E-state index in [1.807, 2.05) is 22.8 Å². The van der Waals surface area contributed by atoms with Crippen LogP contribution in [0.1, 0.15) is 12.8 Å². The lowest BCUT2D eigenvalue weighted by atomic mass is 10.5. The standard InChI is InChI=1S/C6H10NOPS2/c7-3-1-4-8-9-10-5-2-6-11-9/h1-2,4-6H2. The quantitative estimate of drug-likeness (QED) is 0.526. The van der Waals surface area contributed by atoms with Crippen LogP contribution in [-0.2, 0) is 4.52 Å². The van der Waals surface area contributed by atoms with Crippen LogP contribution in [0.2, 0.25) is 0 Å². The summed E-state index contributed by atoms with van der Waals surface area (Å²) in [6.45, 7) is 0.312. The minimum absolute atomic E-state index is 0.301. The summed E-state index contributed by atoms with van der Waals surface area (Å²) in [5.41, 5.74) is 0. The first kappa shape index (κ1) is 9.67. The Labute approximate surface area is 76.4 Å². The molecular weight excluding hydrogens is 197 g/mol. The Bertz CT molecular complexity index is 144. The average Bonchev–Trinajstić information content (AvgIpc) is 2.07. The van der Waals surface area contributed by atoms with Crippen LogP contribution in [0.5, 0.6) is 0 Å². The van der Waals surface area contributed by atoms with Crippen molar-refractivity contribution in [3.05, 3.63) is 0 Å². The van der Waals surface area contributed by atoms with Crippen LogP contribution in [0.3, 0.4) is 0 Å². The third kappa shape index (κ3) is 4.22. The summed E-state index contributed by atoms with van der Waals surface area (Å²) in [6.07, 6.45) is 1.83. The summed E-state index contributed by atoms with van der Waals surface area (Å²) in [6, 6.07) is 2.07. The molecule has 0 unspecified atom stereocenters. The van der Waals surface area contributed by atoms with Gasteiger partial charge in [-0.25, -0.2) is 0 Å². The molecule has 0 aromatic rings. The van der Waals surface area contributed by atoms with E-state index in [-0.39, 0.29) is 6.55 Å². The molecule has 1 heterocycles. The summed E-state index contributed by atoms with van der Waals surface area (Å²) in [4.78, 5) is 0. The van der Waals surface area contributed by atoms with Gasteiger partial charge in [-0.05, 0) is 6.42 Å². The smallest absolute Gasteiger partial charge is 0.151 e. The van der Waals surface area contributed by atoms with Gasteiger partial charge in [-0.15, -0.1) is 0 Å². The first-order valence-electron chi connectivity index (χ1n) is 3.49. The van der Waals surface area contributed by atoms with E-state index in [1.165, 1.54) is 17.9 Å². The van der Waals surface area contributed by atoms with Gasteiger partial charge in [0.15, 0.2) is 6.55 Å². The Morgan fingerprint density at radius 3 is 2.82 bits per heavy atom. The largest absolute Gasteiger partial charge is 0.338 e. The fourth-order valence-electron chi connectivity index (χ4n) is 0.615. The van der Waals surface area contributed by atoms with Crippen LogP contribution in [0.25, 0.3) is 0 Å². The van der Waals surface area contributed by atoms with E-state index < -0.39 is 0 Å². The van der Waals surface area contributed by atoms with Crippen LogP contribution in [0, 0.1) is 11.3 Å². The second-order valence-electron chi connectivity index (χ2n) is 1.98. The molecule has 2 nitrogen and oxygen atoms in total. The first-order chi connectivity index (χ1) is 5.43. The Morgan fingerprint density at radius 1 is 1.45 bits per heavy atom. The summed E-state index contributed by atoms with van der Waals surface area (Å²) in [5, 5.41) is 8.26. The van der Waals surface area contributed by atoms with E-state index in [0.29, 0.717) is 13.0 Å². The van der Waals surface area contributed by atoms with Crippen molar-refractivity contribution in [2.24, 2.45) is 0 Å². The normalized spacial score (nSPS) is 19.5. The van der Waals surface area contributed by atoms with Crippen LogP contribution in [0.4, 0.5) is 0 Å². The highest BCUT2D eigenvalue weighted by Crippen LogP contribution is 2.64. The molecular formula is C6H10NOPS2. The number of rotatable bonds is 3. The highest BCUT2D eigenvalue weighted by Gasteiger charge is 2.14. The lowest BCUT2D eigenvalue weighted by molar-refractivity contribution is 0.378.